The smallest absolute Gasteiger partial charge is 0.325 e. The Balaban J connectivity index is 1.28. The van der Waals surface area contributed by atoms with Gasteiger partial charge in [-0.3, -0.25) is 14.5 Å². The summed E-state index contributed by atoms with van der Waals surface area (Å²) in [5.74, 6) is 0.145. The molecule has 1 N–H and O–H groups in total. The van der Waals surface area contributed by atoms with E-state index in [2.05, 4.69) is 15.5 Å². The lowest BCUT2D eigenvalue weighted by molar-refractivity contribution is -0.140. The third kappa shape index (κ3) is 3.78. The molecule has 3 fully saturated rings. The molecule has 0 radical (unpaired) electrons. The van der Waals surface area contributed by atoms with Crippen LogP contribution in [0.25, 0.3) is 11.5 Å². The monoisotopic (exact) mass is 443 g/mol. The van der Waals surface area contributed by atoms with E-state index in [0.717, 1.165) is 36.1 Å². The molecule has 10 heteroatoms. The van der Waals surface area contributed by atoms with Gasteiger partial charge >= 0.3 is 6.03 Å². The highest BCUT2D eigenvalue weighted by Crippen LogP contribution is 2.42. The molecule has 31 heavy (non-hydrogen) atoms. The Kier molecular flexibility index (Phi) is 4.73. The Labute approximate surface area is 183 Å². The Morgan fingerprint density at radius 3 is 2.58 bits per heavy atom. The minimum atomic E-state index is -0.901. The summed E-state index contributed by atoms with van der Waals surface area (Å²) in [5.41, 5.74) is -0.173. The molecule has 3 aliphatic rings. The number of amides is 4. The van der Waals surface area contributed by atoms with E-state index in [4.69, 9.17) is 16.0 Å². The van der Waals surface area contributed by atoms with E-state index < -0.39 is 11.6 Å². The van der Waals surface area contributed by atoms with E-state index in [-0.39, 0.29) is 36.9 Å². The molecule has 5 rings (SSSR count). The second kappa shape index (κ2) is 7.33. The van der Waals surface area contributed by atoms with Crippen molar-refractivity contribution < 1.29 is 18.8 Å². The molecule has 1 atom stereocenters. The zero-order chi connectivity index (χ0) is 21.8. The van der Waals surface area contributed by atoms with Gasteiger partial charge < -0.3 is 14.6 Å². The molecule has 0 spiro atoms. The third-order valence-corrected chi connectivity index (χ3v) is 6.41. The molecule has 2 aliphatic carbocycles. The number of halogens is 1. The normalized spacial score (nSPS) is 23.2. The van der Waals surface area contributed by atoms with Crippen molar-refractivity contribution in [3.05, 3.63) is 35.2 Å². The van der Waals surface area contributed by atoms with Gasteiger partial charge in [-0.15, -0.1) is 10.2 Å². The van der Waals surface area contributed by atoms with Gasteiger partial charge in [0.05, 0.1) is 6.54 Å². The van der Waals surface area contributed by atoms with Crippen molar-refractivity contribution in [2.45, 2.75) is 50.7 Å². The number of carbonyl (C=O) groups is 3. The fourth-order valence-electron chi connectivity index (χ4n) is 4.00. The number of aromatic nitrogens is 2. The van der Waals surface area contributed by atoms with Crippen molar-refractivity contribution >= 4 is 29.4 Å². The highest BCUT2D eigenvalue weighted by Gasteiger charge is 2.56. The number of benzene rings is 1. The van der Waals surface area contributed by atoms with Crippen LogP contribution >= 0.6 is 11.6 Å². The number of carbonyl (C=O) groups excluding carboxylic acids is 3. The van der Waals surface area contributed by atoms with Crippen LogP contribution in [0.5, 0.6) is 0 Å². The summed E-state index contributed by atoms with van der Waals surface area (Å²) in [6, 6.07) is 6.55. The standard InChI is InChI=1S/C21H22ClN5O4/c1-21(13-4-5-13)19(29)27(20(30)23-21)11-17(28)26(15-8-9-15)10-16-24-25-18(31-16)12-2-6-14(22)7-3-12/h2-3,6-7,13,15H,4-5,8-11H2,1H3,(H,23,30). The van der Waals surface area contributed by atoms with Gasteiger partial charge in [-0.05, 0) is 62.8 Å². The molecule has 1 aliphatic heterocycles. The van der Waals surface area contributed by atoms with Crippen LogP contribution in [-0.2, 0) is 16.1 Å². The minimum absolute atomic E-state index is 0.0500. The first kappa shape index (κ1) is 20.0. The number of hydrogen-bond donors (Lipinski definition) is 1. The summed E-state index contributed by atoms with van der Waals surface area (Å²) in [6.45, 7) is 1.58. The van der Waals surface area contributed by atoms with Gasteiger partial charge in [-0.2, -0.15) is 0 Å². The van der Waals surface area contributed by atoms with Gasteiger partial charge in [0.1, 0.15) is 12.1 Å². The van der Waals surface area contributed by atoms with Crippen LogP contribution in [0.15, 0.2) is 28.7 Å². The summed E-state index contributed by atoms with van der Waals surface area (Å²) < 4.78 is 5.73. The predicted octanol–water partition coefficient (Wildman–Crippen LogP) is 2.60. The molecule has 162 valence electrons. The van der Waals surface area contributed by atoms with Crippen LogP contribution in [-0.4, -0.2) is 56.0 Å². The first-order valence-corrected chi connectivity index (χ1v) is 10.7. The van der Waals surface area contributed by atoms with Crippen LogP contribution < -0.4 is 5.32 Å². The van der Waals surface area contributed by atoms with Gasteiger partial charge in [0, 0.05) is 16.6 Å². The van der Waals surface area contributed by atoms with Crippen molar-refractivity contribution in [3.8, 4) is 11.5 Å². The van der Waals surface area contributed by atoms with E-state index in [1.54, 1.807) is 36.1 Å². The largest absolute Gasteiger partial charge is 0.419 e. The first-order chi connectivity index (χ1) is 14.8. The van der Waals surface area contributed by atoms with Gasteiger partial charge in [0.15, 0.2) is 0 Å². The van der Waals surface area contributed by atoms with Gasteiger partial charge in [0.2, 0.25) is 17.7 Å². The van der Waals surface area contributed by atoms with Crippen molar-refractivity contribution in [2.75, 3.05) is 6.54 Å². The zero-order valence-corrected chi connectivity index (χ0v) is 17.8. The van der Waals surface area contributed by atoms with Crippen LogP contribution in [0.1, 0.15) is 38.5 Å². The highest BCUT2D eigenvalue weighted by molar-refractivity contribution is 6.30. The minimum Gasteiger partial charge on any atom is -0.419 e. The molecular weight excluding hydrogens is 422 g/mol. The number of urea groups is 1. The molecule has 1 aromatic carbocycles. The Morgan fingerprint density at radius 1 is 1.23 bits per heavy atom. The van der Waals surface area contributed by atoms with E-state index in [0.29, 0.717) is 16.8 Å². The number of nitrogens with zero attached hydrogens (tertiary/aromatic N) is 4. The Bertz CT molecular complexity index is 1050. The SMILES string of the molecule is CC1(C2CC2)NC(=O)N(CC(=O)N(Cc2nnc(-c3ccc(Cl)cc3)o2)C2CC2)C1=O. The zero-order valence-electron chi connectivity index (χ0n) is 17.0. The fraction of sp³-hybridized carbons (Fsp3) is 0.476. The summed E-state index contributed by atoms with van der Waals surface area (Å²) >= 11 is 5.91. The average molecular weight is 444 g/mol. The van der Waals surface area contributed by atoms with Crippen LogP contribution in [0.3, 0.4) is 0 Å². The maximum absolute atomic E-state index is 13.0. The highest BCUT2D eigenvalue weighted by atomic mass is 35.5. The predicted molar refractivity (Wildman–Crippen MR) is 110 cm³/mol. The molecule has 2 heterocycles. The van der Waals surface area contributed by atoms with E-state index in [1.165, 1.54) is 0 Å². The van der Waals surface area contributed by atoms with Gasteiger partial charge in [-0.25, -0.2) is 4.79 Å². The van der Waals surface area contributed by atoms with Crippen molar-refractivity contribution in [3.63, 3.8) is 0 Å². The van der Waals surface area contributed by atoms with E-state index in [9.17, 15) is 14.4 Å². The fourth-order valence-corrected chi connectivity index (χ4v) is 4.13. The molecular formula is C21H22ClN5O4. The van der Waals surface area contributed by atoms with Crippen molar-refractivity contribution in [2.24, 2.45) is 5.92 Å². The molecule has 9 nitrogen and oxygen atoms in total. The van der Waals surface area contributed by atoms with Crippen molar-refractivity contribution in [1.29, 1.82) is 0 Å². The molecule has 1 aromatic heterocycles. The van der Waals surface area contributed by atoms with Crippen molar-refractivity contribution in [1.82, 2.24) is 25.3 Å². The summed E-state index contributed by atoms with van der Waals surface area (Å²) in [7, 11) is 0. The van der Waals surface area contributed by atoms with Gasteiger partial charge in [0.25, 0.3) is 5.91 Å². The molecule has 4 amide bonds. The second-order valence-electron chi connectivity index (χ2n) is 8.56. The summed E-state index contributed by atoms with van der Waals surface area (Å²) in [6.07, 6.45) is 3.55. The lowest BCUT2D eigenvalue weighted by Crippen LogP contribution is -2.47. The third-order valence-electron chi connectivity index (χ3n) is 6.16. The quantitative estimate of drug-likeness (QED) is 0.659. The van der Waals surface area contributed by atoms with E-state index >= 15 is 0 Å². The molecule has 2 aromatic rings. The number of imide groups is 1. The molecule has 1 unspecified atom stereocenters. The molecule has 2 saturated carbocycles. The van der Waals surface area contributed by atoms with Crippen LogP contribution in [0.2, 0.25) is 5.02 Å². The summed E-state index contributed by atoms with van der Waals surface area (Å²) in [5, 5.41) is 11.5. The maximum atomic E-state index is 13.0. The number of rotatable bonds is 7. The molecule has 0 bridgehead atoms. The number of nitrogens with one attached hydrogen (secondary N) is 1. The average Bonchev–Trinajstić information content (AvgIpc) is 3.67. The maximum Gasteiger partial charge on any atom is 0.325 e. The molecule has 1 saturated heterocycles. The second-order valence-corrected chi connectivity index (χ2v) is 9.00. The van der Waals surface area contributed by atoms with Crippen LogP contribution in [0, 0.1) is 5.92 Å². The first-order valence-electron chi connectivity index (χ1n) is 10.4. The number of hydrogen-bond acceptors (Lipinski definition) is 6. The van der Waals surface area contributed by atoms with E-state index in [1.807, 2.05) is 0 Å². The summed E-state index contributed by atoms with van der Waals surface area (Å²) in [4.78, 5) is 40.9. The van der Waals surface area contributed by atoms with Crippen LogP contribution in [0.4, 0.5) is 4.79 Å². The topological polar surface area (TPSA) is 109 Å². The lowest BCUT2D eigenvalue weighted by Gasteiger charge is -2.24. The Morgan fingerprint density at radius 2 is 1.94 bits per heavy atom. The van der Waals surface area contributed by atoms with Gasteiger partial charge in [-0.1, -0.05) is 11.6 Å². The lowest BCUT2D eigenvalue weighted by atomic mass is 9.96. The Hall–Kier alpha value is -2.94.